The fraction of sp³-hybridized carbons (Fsp3) is 0.105. The van der Waals surface area contributed by atoms with E-state index >= 15 is 0 Å². The van der Waals surface area contributed by atoms with Crippen LogP contribution < -0.4 is 14.9 Å². The monoisotopic (exact) mass is 445 g/mol. The maximum absolute atomic E-state index is 12.8. The van der Waals surface area contributed by atoms with Gasteiger partial charge in [-0.15, -0.1) is 0 Å². The number of nitro benzene ring substituents is 1. The minimum atomic E-state index is -0.821. The predicted molar refractivity (Wildman–Crippen MR) is 115 cm³/mol. The highest BCUT2D eigenvalue weighted by Crippen LogP contribution is 2.34. The summed E-state index contributed by atoms with van der Waals surface area (Å²) >= 11 is 6.18. The molecule has 2 amide bonds. The smallest absolute Gasteiger partial charge is 0.285 e. The largest absolute Gasteiger partial charge is 0.497 e. The molecule has 1 aliphatic rings. The second kappa shape index (κ2) is 8.93. The summed E-state index contributed by atoms with van der Waals surface area (Å²) in [5.74, 6) is -0.298. The number of hydrogen-bond acceptors (Lipinski definition) is 8. The van der Waals surface area contributed by atoms with Crippen molar-refractivity contribution in [2.45, 2.75) is 0 Å². The van der Waals surface area contributed by atoms with Crippen molar-refractivity contribution in [1.82, 2.24) is 10.4 Å². The van der Waals surface area contributed by atoms with Gasteiger partial charge in [0.25, 0.3) is 17.5 Å². The Labute approximate surface area is 180 Å². The molecule has 0 aromatic heterocycles. The quantitative estimate of drug-likeness (QED) is 0.312. The Hall–Kier alpha value is -3.44. The van der Waals surface area contributed by atoms with Gasteiger partial charge in [0.1, 0.15) is 17.1 Å². The Bertz CT molecular complexity index is 1090. The van der Waals surface area contributed by atoms with Crippen molar-refractivity contribution in [3.63, 3.8) is 0 Å². The molecule has 0 atom stereocenters. The summed E-state index contributed by atoms with van der Waals surface area (Å²) in [6.45, 7) is 0. The number of para-hydroxylation sites is 1. The molecular formula is C19H15N3O6S2. The number of nitrogens with one attached hydrogen (secondary N) is 1. The molecule has 3 rings (SSSR count). The summed E-state index contributed by atoms with van der Waals surface area (Å²) < 4.78 is 10.6. The lowest BCUT2D eigenvalue weighted by Gasteiger charge is -2.15. The number of hydrazine groups is 1. The minimum absolute atomic E-state index is 0.0834. The second-order valence-corrected chi connectivity index (χ2v) is 7.52. The van der Waals surface area contributed by atoms with Gasteiger partial charge in [-0.1, -0.05) is 23.9 Å². The number of rotatable bonds is 6. The first-order valence-corrected chi connectivity index (χ1v) is 9.62. The molecule has 11 heteroatoms. The molecule has 0 aliphatic carbocycles. The Morgan fingerprint density at radius 1 is 1.23 bits per heavy atom. The summed E-state index contributed by atoms with van der Waals surface area (Å²) in [6, 6.07) is 10.5. The summed E-state index contributed by atoms with van der Waals surface area (Å²) in [5, 5.41) is 12.0. The predicted octanol–water partition coefficient (Wildman–Crippen LogP) is 3.16. The first kappa shape index (κ1) is 21.3. The van der Waals surface area contributed by atoms with E-state index in [9.17, 15) is 19.7 Å². The minimum Gasteiger partial charge on any atom is -0.497 e. The van der Waals surface area contributed by atoms with E-state index in [1.54, 1.807) is 24.3 Å². The lowest BCUT2D eigenvalue weighted by Crippen LogP contribution is -2.45. The number of thiocarbonyl (C=S) groups is 1. The molecule has 0 saturated carbocycles. The number of carbonyl (C=O) groups is 2. The van der Waals surface area contributed by atoms with Crippen LogP contribution >= 0.6 is 24.0 Å². The molecule has 2 aromatic carbocycles. The molecule has 0 radical (unpaired) electrons. The molecule has 1 N–H and O–H groups in total. The molecule has 1 heterocycles. The average Bonchev–Trinajstić information content (AvgIpc) is 3.00. The highest BCUT2D eigenvalue weighted by atomic mass is 32.2. The third-order valence-electron chi connectivity index (χ3n) is 4.08. The molecule has 9 nitrogen and oxygen atoms in total. The zero-order valence-electron chi connectivity index (χ0n) is 15.8. The van der Waals surface area contributed by atoms with Crippen molar-refractivity contribution >= 4 is 51.9 Å². The van der Waals surface area contributed by atoms with Crippen molar-refractivity contribution in [3.05, 3.63) is 68.6 Å². The van der Waals surface area contributed by atoms with Gasteiger partial charge in [-0.3, -0.25) is 25.1 Å². The zero-order valence-corrected chi connectivity index (χ0v) is 17.4. The number of hydrogen-bond donors (Lipinski definition) is 1. The van der Waals surface area contributed by atoms with Gasteiger partial charge < -0.3 is 9.47 Å². The van der Waals surface area contributed by atoms with E-state index in [-0.39, 0.29) is 20.5 Å². The average molecular weight is 445 g/mol. The summed E-state index contributed by atoms with van der Waals surface area (Å²) in [5.41, 5.74) is 2.36. The maximum Gasteiger partial charge on any atom is 0.285 e. The van der Waals surface area contributed by atoms with Crippen LogP contribution in [0.2, 0.25) is 0 Å². The van der Waals surface area contributed by atoms with E-state index in [0.717, 1.165) is 16.8 Å². The van der Waals surface area contributed by atoms with Crippen LogP contribution in [0.5, 0.6) is 11.5 Å². The Balaban J connectivity index is 1.86. The topological polar surface area (TPSA) is 111 Å². The highest BCUT2D eigenvalue weighted by Gasteiger charge is 2.35. The molecule has 2 aromatic rings. The third kappa shape index (κ3) is 4.26. The van der Waals surface area contributed by atoms with Crippen LogP contribution in [0.15, 0.2) is 47.4 Å². The van der Waals surface area contributed by atoms with E-state index in [4.69, 9.17) is 21.7 Å². The number of ether oxygens (including phenoxy) is 2. The van der Waals surface area contributed by atoms with Gasteiger partial charge in [-0.25, -0.2) is 0 Å². The second-order valence-electron chi connectivity index (χ2n) is 5.84. The van der Waals surface area contributed by atoms with Gasteiger partial charge in [0.05, 0.1) is 24.0 Å². The first-order valence-electron chi connectivity index (χ1n) is 8.40. The summed E-state index contributed by atoms with van der Waals surface area (Å²) in [7, 11) is 3.01. The van der Waals surface area contributed by atoms with Crippen molar-refractivity contribution in [2.75, 3.05) is 14.2 Å². The van der Waals surface area contributed by atoms with Crippen LogP contribution in [0, 0.1) is 10.1 Å². The molecule has 0 unspecified atom stereocenters. The lowest BCUT2D eigenvalue weighted by atomic mass is 10.1. The van der Waals surface area contributed by atoms with Crippen molar-refractivity contribution in [2.24, 2.45) is 0 Å². The number of amides is 2. The van der Waals surface area contributed by atoms with Crippen LogP contribution in [0.25, 0.3) is 6.08 Å². The maximum atomic E-state index is 12.8. The van der Waals surface area contributed by atoms with Crippen LogP contribution in [0.1, 0.15) is 15.9 Å². The molecule has 0 spiro atoms. The number of carbonyl (C=O) groups excluding carboxylic acids is 2. The van der Waals surface area contributed by atoms with Crippen molar-refractivity contribution in [3.8, 4) is 11.5 Å². The van der Waals surface area contributed by atoms with E-state index in [1.165, 1.54) is 38.5 Å². The highest BCUT2D eigenvalue weighted by molar-refractivity contribution is 8.26. The Morgan fingerprint density at radius 2 is 1.97 bits per heavy atom. The van der Waals surface area contributed by atoms with Gasteiger partial charge in [0, 0.05) is 11.6 Å². The SMILES string of the molecule is COc1ccc(OC)c(/C=C2\SC(=S)N(NC(=O)c3ccccc3[N+](=O)[O-])C2=O)c1. The molecule has 154 valence electrons. The van der Waals surface area contributed by atoms with Crippen molar-refractivity contribution < 1.29 is 24.0 Å². The molecule has 1 aliphatic heterocycles. The number of benzene rings is 2. The van der Waals surface area contributed by atoms with Crippen LogP contribution in [-0.4, -0.2) is 40.3 Å². The summed E-state index contributed by atoms with van der Waals surface area (Å²) in [4.78, 5) is 36.0. The number of nitrogens with zero attached hydrogens (tertiary/aromatic N) is 2. The molecule has 1 fully saturated rings. The van der Waals surface area contributed by atoms with Gasteiger partial charge in [0.15, 0.2) is 4.32 Å². The van der Waals surface area contributed by atoms with E-state index in [0.29, 0.717) is 17.1 Å². The van der Waals surface area contributed by atoms with Gasteiger partial charge in [-0.2, -0.15) is 5.01 Å². The lowest BCUT2D eigenvalue weighted by molar-refractivity contribution is -0.385. The molecule has 1 saturated heterocycles. The fourth-order valence-electron chi connectivity index (χ4n) is 2.64. The molecule has 0 bridgehead atoms. The molecule has 30 heavy (non-hydrogen) atoms. The van der Waals surface area contributed by atoms with Gasteiger partial charge in [-0.05, 0) is 42.6 Å². The number of methoxy groups -OCH3 is 2. The Kier molecular flexibility index (Phi) is 6.33. The van der Waals surface area contributed by atoms with Gasteiger partial charge in [0.2, 0.25) is 0 Å². The van der Waals surface area contributed by atoms with E-state index in [1.807, 2.05) is 0 Å². The van der Waals surface area contributed by atoms with Crippen LogP contribution in [-0.2, 0) is 4.79 Å². The van der Waals surface area contributed by atoms with Crippen molar-refractivity contribution in [1.29, 1.82) is 0 Å². The fourth-order valence-corrected chi connectivity index (χ4v) is 3.81. The number of nitro groups is 1. The Morgan fingerprint density at radius 3 is 2.63 bits per heavy atom. The number of thioether (sulfide) groups is 1. The van der Waals surface area contributed by atoms with E-state index < -0.39 is 16.7 Å². The standard InChI is InChI=1S/C19H15N3O6S2/c1-27-12-7-8-15(28-2)11(9-12)10-16-18(24)21(19(29)30-16)20-17(23)13-5-3-4-6-14(13)22(25)26/h3-10H,1-2H3,(H,20,23)/b16-10-. The normalized spacial score (nSPS) is 14.7. The van der Waals surface area contributed by atoms with Crippen LogP contribution in [0.4, 0.5) is 5.69 Å². The molecular weight excluding hydrogens is 430 g/mol. The first-order chi connectivity index (χ1) is 14.3. The van der Waals surface area contributed by atoms with Crippen LogP contribution in [0.3, 0.4) is 0 Å². The summed E-state index contributed by atoms with van der Waals surface area (Å²) in [6.07, 6.45) is 1.57. The zero-order chi connectivity index (χ0) is 21.8. The third-order valence-corrected chi connectivity index (χ3v) is 5.38. The van der Waals surface area contributed by atoms with Gasteiger partial charge >= 0.3 is 0 Å². The van der Waals surface area contributed by atoms with E-state index in [2.05, 4.69) is 5.43 Å².